The first-order valence-corrected chi connectivity index (χ1v) is 13.9. The van der Waals surface area contributed by atoms with Crippen LogP contribution in [0.15, 0.2) is 0 Å². The predicted molar refractivity (Wildman–Crippen MR) is 138 cm³/mol. The first-order valence-electron chi connectivity index (χ1n) is 13.9. The van der Waals surface area contributed by atoms with Gasteiger partial charge in [0.25, 0.3) is 0 Å². The Balaban J connectivity index is 1.49. The van der Waals surface area contributed by atoms with Gasteiger partial charge in [-0.15, -0.1) is 0 Å². The van der Waals surface area contributed by atoms with Gasteiger partial charge in [-0.3, -0.25) is 0 Å². The van der Waals surface area contributed by atoms with E-state index in [1.54, 1.807) is 0 Å². The van der Waals surface area contributed by atoms with Crippen molar-refractivity contribution in [3.05, 3.63) is 0 Å². The molecule has 4 unspecified atom stereocenters. The number of nitrogens with two attached hydrogens (primary N) is 6. The van der Waals surface area contributed by atoms with E-state index in [2.05, 4.69) is 0 Å². The Hall–Kier alpha value is -0.760. The van der Waals surface area contributed by atoms with Crippen molar-refractivity contribution in [2.75, 3.05) is 19.7 Å². The van der Waals surface area contributed by atoms with E-state index in [4.69, 9.17) is 62.8 Å². The Kier molecular flexibility index (Phi) is 11.1. The van der Waals surface area contributed by atoms with Gasteiger partial charge in [-0.2, -0.15) is 0 Å². The zero-order chi connectivity index (χ0) is 31.1. The molecule has 3 heterocycles. The van der Waals surface area contributed by atoms with E-state index in [0.29, 0.717) is 0 Å². The number of ether oxygens (including phenoxy) is 6. The maximum Gasteiger partial charge on any atom is 0.187 e. The maximum atomic E-state index is 11.1. The molecular weight excluding hydrogens is 568 g/mol. The summed E-state index contributed by atoms with van der Waals surface area (Å²) >= 11 is 0. The minimum atomic E-state index is -1.83. The van der Waals surface area contributed by atoms with Crippen LogP contribution in [0.1, 0.15) is 12.8 Å². The average Bonchev–Trinajstić information content (AvgIpc) is 3.25. The lowest BCUT2D eigenvalue weighted by molar-refractivity contribution is -0.324. The molecule has 0 spiro atoms. The zero-order valence-corrected chi connectivity index (χ0v) is 22.9. The Morgan fingerprint density at radius 2 is 1.36 bits per heavy atom. The lowest BCUT2D eigenvalue weighted by Gasteiger charge is -2.48. The second-order valence-corrected chi connectivity index (χ2v) is 11.4. The van der Waals surface area contributed by atoms with Crippen molar-refractivity contribution in [2.24, 2.45) is 34.4 Å². The Morgan fingerprint density at radius 1 is 0.714 bits per heavy atom. The Labute approximate surface area is 241 Å². The first kappa shape index (κ1) is 34.1. The van der Waals surface area contributed by atoms with Gasteiger partial charge < -0.3 is 98.6 Å². The summed E-state index contributed by atoms with van der Waals surface area (Å²) in [7, 11) is 0. The van der Waals surface area contributed by atoms with E-state index in [-0.39, 0.29) is 25.9 Å². The fraction of sp³-hybridized carbons (Fsp3) is 1.00. The summed E-state index contributed by atoms with van der Waals surface area (Å²) in [6.07, 6.45) is -18.8. The highest BCUT2D eigenvalue weighted by Crippen LogP contribution is 2.35. The van der Waals surface area contributed by atoms with E-state index >= 15 is 0 Å². The molecule has 4 fully saturated rings. The van der Waals surface area contributed by atoms with Crippen molar-refractivity contribution < 1.29 is 64.2 Å². The van der Waals surface area contributed by atoms with Crippen molar-refractivity contribution in [1.82, 2.24) is 0 Å². The van der Waals surface area contributed by atoms with Crippen molar-refractivity contribution in [3.63, 3.8) is 0 Å². The van der Waals surface area contributed by atoms with Crippen molar-refractivity contribution in [2.45, 2.75) is 123 Å². The zero-order valence-electron chi connectivity index (χ0n) is 22.9. The molecule has 42 heavy (non-hydrogen) atoms. The summed E-state index contributed by atoms with van der Waals surface area (Å²) in [6.45, 7) is -1.16. The van der Waals surface area contributed by atoms with Crippen LogP contribution in [0.4, 0.5) is 0 Å². The van der Waals surface area contributed by atoms with Crippen LogP contribution < -0.4 is 34.4 Å². The number of rotatable bonds is 9. The summed E-state index contributed by atoms with van der Waals surface area (Å²) in [5.41, 5.74) is 33.8. The molecule has 0 aromatic carbocycles. The third-order valence-corrected chi connectivity index (χ3v) is 8.38. The highest BCUT2D eigenvalue weighted by molar-refractivity contribution is 5.02. The van der Waals surface area contributed by atoms with Crippen molar-refractivity contribution >= 4 is 0 Å². The quantitative estimate of drug-likeness (QED) is 0.115. The van der Waals surface area contributed by atoms with Gasteiger partial charge in [0.1, 0.15) is 54.9 Å². The lowest BCUT2D eigenvalue weighted by atomic mass is 9.84. The molecule has 19 heteroatoms. The highest BCUT2D eigenvalue weighted by atomic mass is 16.8. The van der Waals surface area contributed by atoms with E-state index in [0.717, 1.165) is 0 Å². The molecule has 19 nitrogen and oxygen atoms in total. The number of aliphatic hydroxyl groups is 7. The molecule has 3 aliphatic heterocycles. The van der Waals surface area contributed by atoms with E-state index in [1.165, 1.54) is 0 Å². The van der Waals surface area contributed by atoms with Crippen LogP contribution in [0.3, 0.4) is 0 Å². The van der Waals surface area contributed by atoms with Gasteiger partial charge in [0.15, 0.2) is 24.6 Å². The maximum absolute atomic E-state index is 11.1. The van der Waals surface area contributed by atoms with Crippen LogP contribution in [0.25, 0.3) is 0 Å². The Bertz CT molecular complexity index is 885. The van der Waals surface area contributed by atoms with Crippen LogP contribution >= 0.6 is 0 Å². The standard InChI is InChI=1S/C23H46N6O13/c24-3-9-14(33)15(34)12(28)21(37-9)40-18-10(4-30)38-22(16(18)35)41-19-13(32)6(26)1-7(27)17(19)39-11-2-8(31)20(36)23(29,5-25)42-11/h6-22,30-36H,1-5,24-29H2/t6-,7+,8?,9-,10-,11?,12+,13+,14+,15+,16-,17-,18-,19-,20?,21+,22-,23?/m1/s1. The third kappa shape index (κ3) is 6.60. The predicted octanol–water partition coefficient (Wildman–Crippen LogP) is -8.55. The van der Waals surface area contributed by atoms with E-state index < -0.39 is 116 Å². The Morgan fingerprint density at radius 3 is 1.98 bits per heavy atom. The highest BCUT2D eigenvalue weighted by Gasteiger charge is 2.54. The normalized spacial score (nSPS) is 53.8. The van der Waals surface area contributed by atoms with Gasteiger partial charge in [0.05, 0.1) is 24.9 Å². The van der Waals surface area contributed by atoms with Gasteiger partial charge in [0, 0.05) is 31.6 Å². The fourth-order valence-electron chi connectivity index (χ4n) is 5.76. The molecule has 1 aliphatic carbocycles. The summed E-state index contributed by atoms with van der Waals surface area (Å²) in [5.74, 6) is 0. The minimum Gasteiger partial charge on any atom is -0.394 e. The summed E-state index contributed by atoms with van der Waals surface area (Å²) in [5, 5.41) is 72.9. The largest absolute Gasteiger partial charge is 0.394 e. The van der Waals surface area contributed by atoms with Crippen LogP contribution in [0, 0.1) is 0 Å². The van der Waals surface area contributed by atoms with E-state index in [1.807, 2.05) is 0 Å². The molecular formula is C23H46N6O13. The number of hydrogen-bond donors (Lipinski definition) is 13. The summed E-state index contributed by atoms with van der Waals surface area (Å²) < 4.78 is 34.6. The van der Waals surface area contributed by atoms with Crippen LogP contribution in [0.5, 0.6) is 0 Å². The molecule has 1 saturated carbocycles. The monoisotopic (exact) mass is 614 g/mol. The van der Waals surface area contributed by atoms with Crippen LogP contribution in [-0.4, -0.2) is 165 Å². The van der Waals surface area contributed by atoms with Gasteiger partial charge in [0.2, 0.25) is 0 Å². The second-order valence-electron chi connectivity index (χ2n) is 11.4. The van der Waals surface area contributed by atoms with Crippen LogP contribution in [-0.2, 0) is 28.4 Å². The fourth-order valence-corrected chi connectivity index (χ4v) is 5.76. The molecule has 0 aromatic heterocycles. The topological polar surface area (TPSA) is 353 Å². The first-order chi connectivity index (χ1) is 19.8. The average molecular weight is 615 g/mol. The van der Waals surface area contributed by atoms with Gasteiger partial charge in [-0.05, 0) is 6.42 Å². The number of hydrogen-bond acceptors (Lipinski definition) is 19. The molecule has 18 atom stereocenters. The van der Waals surface area contributed by atoms with Gasteiger partial charge >= 0.3 is 0 Å². The molecule has 0 bridgehead atoms. The molecule has 0 radical (unpaired) electrons. The number of aliphatic hydroxyl groups excluding tert-OH is 7. The molecule has 3 saturated heterocycles. The van der Waals surface area contributed by atoms with Gasteiger partial charge in [-0.25, -0.2) is 0 Å². The minimum absolute atomic E-state index is 0.0979. The molecule has 4 rings (SSSR count). The van der Waals surface area contributed by atoms with Gasteiger partial charge in [-0.1, -0.05) is 0 Å². The van der Waals surface area contributed by atoms with Crippen LogP contribution in [0.2, 0.25) is 0 Å². The molecule has 246 valence electrons. The molecule has 0 aromatic rings. The van der Waals surface area contributed by atoms with Crippen molar-refractivity contribution in [3.8, 4) is 0 Å². The lowest BCUT2D eigenvalue weighted by Crippen LogP contribution is -2.69. The smallest absolute Gasteiger partial charge is 0.187 e. The second kappa shape index (κ2) is 13.7. The molecule has 4 aliphatic rings. The molecule has 19 N–H and O–H groups in total. The molecule has 0 amide bonds. The SMILES string of the molecule is NC[C@H]1O[C@@H](O[C@H]2[C@@H](O)[C@@H](O[C@@H]3[C@@H](O)[C@H](N)C[C@H](N)[C@H]3OC3CC(O)C(O)C(N)(CN)O3)O[C@@H]2CO)[C@@H](N)[C@H](O)[C@H]1O. The summed E-state index contributed by atoms with van der Waals surface area (Å²) in [6, 6.07) is -2.94. The van der Waals surface area contributed by atoms with E-state index in [9.17, 15) is 35.7 Å². The third-order valence-electron chi connectivity index (χ3n) is 8.38. The van der Waals surface area contributed by atoms with Crippen molar-refractivity contribution in [1.29, 1.82) is 0 Å². The summed E-state index contributed by atoms with van der Waals surface area (Å²) in [4.78, 5) is 0.